The molecule has 1 aliphatic rings. The standard InChI is InChI=1S/C17H16Cl2N4O2S/c1-11-7-9-13(10-8-11)26(24,25)23-17(15(18)19)16(20)21-14(22-17)12-5-3-2-4-6-12/h2-10,15,23H,1H3,(H2,20,21,22)/t17-/m0/s1. The van der Waals surface area contributed by atoms with Gasteiger partial charge in [0.25, 0.3) is 0 Å². The molecule has 0 bridgehead atoms. The molecule has 0 aromatic heterocycles. The summed E-state index contributed by atoms with van der Waals surface area (Å²) in [6.45, 7) is 1.86. The number of nitrogens with zero attached hydrogens (tertiary/aromatic N) is 2. The first-order chi connectivity index (χ1) is 12.2. The Morgan fingerprint density at radius 3 is 2.27 bits per heavy atom. The van der Waals surface area contributed by atoms with Gasteiger partial charge in [0.15, 0.2) is 10.7 Å². The third-order valence-corrected chi connectivity index (χ3v) is 5.97. The molecule has 0 radical (unpaired) electrons. The minimum absolute atomic E-state index is 0.0487. The molecular weight excluding hydrogens is 395 g/mol. The van der Waals surface area contributed by atoms with Crippen LogP contribution < -0.4 is 10.5 Å². The minimum Gasteiger partial charge on any atom is -0.384 e. The van der Waals surface area contributed by atoms with Crippen molar-refractivity contribution in [3.05, 3.63) is 65.7 Å². The van der Waals surface area contributed by atoms with Crippen molar-refractivity contribution in [1.82, 2.24) is 4.72 Å². The highest BCUT2D eigenvalue weighted by Gasteiger charge is 2.48. The average Bonchev–Trinajstić information content (AvgIpc) is 2.93. The van der Waals surface area contributed by atoms with Crippen LogP contribution in [-0.2, 0) is 10.0 Å². The number of nitrogens with two attached hydrogens (primary N) is 1. The van der Waals surface area contributed by atoms with E-state index in [1.807, 2.05) is 13.0 Å². The van der Waals surface area contributed by atoms with E-state index in [4.69, 9.17) is 28.9 Å². The van der Waals surface area contributed by atoms with E-state index in [0.717, 1.165) is 5.56 Å². The van der Waals surface area contributed by atoms with Crippen molar-refractivity contribution in [1.29, 1.82) is 0 Å². The normalized spacial score (nSPS) is 20.2. The number of hydrogen-bond acceptors (Lipinski definition) is 5. The van der Waals surface area contributed by atoms with E-state index < -0.39 is 20.5 Å². The van der Waals surface area contributed by atoms with Crippen LogP contribution in [0.1, 0.15) is 11.1 Å². The Kier molecular flexibility index (Phi) is 5.07. The summed E-state index contributed by atoms with van der Waals surface area (Å²) in [6.07, 6.45) is 0. The highest BCUT2D eigenvalue weighted by atomic mass is 35.5. The first-order valence-electron chi connectivity index (χ1n) is 7.63. The summed E-state index contributed by atoms with van der Waals surface area (Å²) in [6, 6.07) is 15.3. The van der Waals surface area contributed by atoms with Gasteiger partial charge in [0.1, 0.15) is 5.84 Å². The minimum atomic E-state index is -3.99. The lowest BCUT2D eigenvalue weighted by molar-refractivity contribution is 0.529. The maximum atomic E-state index is 12.8. The number of rotatable bonds is 5. The monoisotopic (exact) mass is 410 g/mol. The molecule has 0 aliphatic carbocycles. The van der Waals surface area contributed by atoms with Gasteiger partial charge in [-0.1, -0.05) is 48.0 Å². The molecule has 0 saturated carbocycles. The molecule has 9 heteroatoms. The maximum Gasteiger partial charge on any atom is 0.243 e. The van der Waals surface area contributed by atoms with Gasteiger partial charge in [-0.25, -0.2) is 18.4 Å². The van der Waals surface area contributed by atoms with E-state index in [-0.39, 0.29) is 16.6 Å². The summed E-state index contributed by atoms with van der Waals surface area (Å²) in [5, 5.41) is 0. The van der Waals surface area contributed by atoms with Crippen LogP contribution in [0.25, 0.3) is 0 Å². The van der Waals surface area contributed by atoms with Crippen molar-refractivity contribution in [3.63, 3.8) is 0 Å². The lowest BCUT2D eigenvalue weighted by Crippen LogP contribution is -2.58. The van der Waals surface area contributed by atoms with Crippen LogP contribution in [0.4, 0.5) is 0 Å². The molecule has 6 nitrogen and oxygen atoms in total. The molecule has 2 aromatic rings. The van der Waals surface area contributed by atoms with Crippen molar-refractivity contribution < 1.29 is 8.42 Å². The molecule has 0 saturated heterocycles. The van der Waals surface area contributed by atoms with Gasteiger partial charge in [0.05, 0.1) is 4.90 Å². The zero-order valence-electron chi connectivity index (χ0n) is 13.7. The fraction of sp³-hybridized carbons (Fsp3) is 0.176. The smallest absolute Gasteiger partial charge is 0.243 e. The molecule has 1 atom stereocenters. The van der Waals surface area contributed by atoms with Crippen molar-refractivity contribution in [2.24, 2.45) is 15.7 Å². The van der Waals surface area contributed by atoms with E-state index in [9.17, 15) is 8.42 Å². The van der Waals surface area contributed by atoms with Crippen molar-refractivity contribution in [3.8, 4) is 0 Å². The number of sulfonamides is 1. The number of alkyl halides is 2. The van der Waals surface area contributed by atoms with Gasteiger partial charge in [0.2, 0.25) is 15.7 Å². The molecule has 2 aromatic carbocycles. The fourth-order valence-electron chi connectivity index (χ4n) is 2.43. The van der Waals surface area contributed by atoms with E-state index in [0.29, 0.717) is 5.56 Å². The molecule has 0 amide bonds. The SMILES string of the molecule is Cc1ccc(S(=O)(=O)N[C@]2(C(Cl)Cl)N=C(c3ccccc3)N=C2N)cc1. The number of aliphatic imine (C=N–C) groups is 2. The van der Waals surface area contributed by atoms with Crippen LogP contribution in [0, 0.1) is 6.92 Å². The largest absolute Gasteiger partial charge is 0.384 e. The number of nitrogens with one attached hydrogen (secondary N) is 1. The van der Waals surface area contributed by atoms with Crippen molar-refractivity contribution in [2.45, 2.75) is 22.3 Å². The Bertz CT molecular complexity index is 974. The zero-order valence-corrected chi connectivity index (χ0v) is 16.1. The number of benzene rings is 2. The second kappa shape index (κ2) is 7.00. The van der Waals surface area contributed by atoms with Gasteiger partial charge < -0.3 is 5.73 Å². The van der Waals surface area contributed by atoms with Gasteiger partial charge in [-0.3, -0.25) is 0 Å². The summed E-state index contributed by atoms with van der Waals surface area (Å²) >= 11 is 12.2. The third-order valence-electron chi connectivity index (χ3n) is 3.87. The predicted molar refractivity (Wildman–Crippen MR) is 104 cm³/mol. The molecule has 3 rings (SSSR count). The van der Waals surface area contributed by atoms with Crippen molar-refractivity contribution >= 4 is 44.9 Å². The Labute approximate surface area is 161 Å². The Morgan fingerprint density at radius 1 is 1.08 bits per heavy atom. The third kappa shape index (κ3) is 3.48. The number of aryl methyl sites for hydroxylation is 1. The first kappa shape index (κ1) is 18.8. The van der Waals surface area contributed by atoms with E-state index >= 15 is 0 Å². The van der Waals surface area contributed by atoms with Gasteiger partial charge >= 0.3 is 0 Å². The van der Waals surface area contributed by atoms with E-state index in [2.05, 4.69) is 14.7 Å². The molecular formula is C17H16Cl2N4O2S. The summed E-state index contributed by atoms with van der Waals surface area (Å²) < 4.78 is 28.0. The quantitative estimate of drug-likeness (QED) is 0.741. The topological polar surface area (TPSA) is 96.9 Å². The Balaban J connectivity index is 2.03. The molecule has 26 heavy (non-hydrogen) atoms. The Hall–Kier alpha value is -1.93. The van der Waals surface area contributed by atoms with Crippen LogP contribution in [0.2, 0.25) is 0 Å². The van der Waals surface area contributed by atoms with Crippen LogP contribution >= 0.6 is 23.2 Å². The van der Waals surface area contributed by atoms with Crippen LogP contribution in [0.5, 0.6) is 0 Å². The highest BCUT2D eigenvalue weighted by molar-refractivity contribution is 7.89. The lowest BCUT2D eigenvalue weighted by atomic mass is 10.2. The van der Waals surface area contributed by atoms with Crippen molar-refractivity contribution in [2.75, 3.05) is 0 Å². The Morgan fingerprint density at radius 2 is 1.69 bits per heavy atom. The first-order valence-corrected chi connectivity index (χ1v) is 9.99. The molecule has 1 heterocycles. The molecule has 0 fully saturated rings. The number of amidine groups is 2. The second-order valence-corrected chi connectivity index (χ2v) is 8.56. The average molecular weight is 411 g/mol. The molecule has 136 valence electrons. The van der Waals surface area contributed by atoms with Crippen LogP contribution in [-0.4, -0.2) is 30.6 Å². The maximum absolute atomic E-state index is 12.8. The van der Waals surface area contributed by atoms with E-state index in [1.165, 1.54) is 12.1 Å². The molecule has 1 aliphatic heterocycles. The summed E-state index contributed by atoms with van der Waals surface area (Å²) in [4.78, 5) is 7.27. The number of halogens is 2. The van der Waals surface area contributed by atoms with E-state index in [1.54, 1.807) is 36.4 Å². The van der Waals surface area contributed by atoms with Crippen LogP contribution in [0.15, 0.2) is 69.5 Å². The summed E-state index contributed by atoms with van der Waals surface area (Å²) in [5.74, 6) is 0.128. The van der Waals surface area contributed by atoms with Gasteiger partial charge in [-0.15, -0.1) is 23.2 Å². The number of hydrogen-bond donors (Lipinski definition) is 2. The summed E-state index contributed by atoms with van der Waals surface area (Å²) in [5.41, 5.74) is 5.81. The predicted octanol–water partition coefficient (Wildman–Crippen LogP) is 2.59. The van der Waals surface area contributed by atoms with Crippen LogP contribution in [0.3, 0.4) is 0 Å². The second-order valence-electron chi connectivity index (χ2n) is 5.78. The molecule has 0 unspecified atom stereocenters. The summed E-state index contributed by atoms with van der Waals surface area (Å²) in [7, 11) is -3.99. The zero-order chi connectivity index (χ0) is 18.9. The highest BCUT2D eigenvalue weighted by Crippen LogP contribution is 2.30. The molecule has 3 N–H and O–H groups in total. The fourth-order valence-corrected chi connectivity index (χ4v) is 4.28. The molecule has 0 spiro atoms. The van der Waals surface area contributed by atoms with Gasteiger partial charge in [-0.2, -0.15) is 4.72 Å². The van der Waals surface area contributed by atoms with Gasteiger partial charge in [-0.05, 0) is 19.1 Å². The van der Waals surface area contributed by atoms with Gasteiger partial charge in [0, 0.05) is 5.56 Å². The lowest BCUT2D eigenvalue weighted by Gasteiger charge is -2.28.